The van der Waals surface area contributed by atoms with Gasteiger partial charge in [-0.3, -0.25) is 9.79 Å². The smallest absolute Gasteiger partial charge is 0.256 e. The fraction of sp³-hybridized carbons (Fsp3) is 0.280. The number of halogens is 2. The quantitative estimate of drug-likeness (QED) is 0.373. The second kappa shape index (κ2) is 9.64. The van der Waals surface area contributed by atoms with Gasteiger partial charge in [0.25, 0.3) is 5.56 Å². The van der Waals surface area contributed by atoms with Crippen molar-refractivity contribution < 1.29 is 13.7 Å². The van der Waals surface area contributed by atoms with E-state index >= 15 is 0 Å². The van der Waals surface area contributed by atoms with Gasteiger partial charge in [0.2, 0.25) is 0 Å². The molecule has 1 aromatic heterocycles. The van der Waals surface area contributed by atoms with E-state index in [4.69, 9.17) is 4.94 Å². The van der Waals surface area contributed by atoms with E-state index < -0.39 is 11.6 Å². The van der Waals surface area contributed by atoms with Gasteiger partial charge < -0.3 is 4.57 Å². The predicted octanol–water partition coefficient (Wildman–Crippen LogP) is 5.00. The first kappa shape index (κ1) is 22.8. The van der Waals surface area contributed by atoms with Gasteiger partial charge in [-0.25, -0.2) is 14.3 Å². The summed E-state index contributed by atoms with van der Waals surface area (Å²) in [7, 11) is 1.71. The molecule has 1 atom stereocenters. The Kier molecular flexibility index (Phi) is 6.67. The van der Waals surface area contributed by atoms with Crippen LogP contribution in [0.1, 0.15) is 42.9 Å². The van der Waals surface area contributed by atoms with Crippen molar-refractivity contribution in [3.63, 3.8) is 0 Å². The fourth-order valence-corrected chi connectivity index (χ4v) is 4.26. The lowest BCUT2D eigenvalue weighted by molar-refractivity contribution is 0.0930. The van der Waals surface area contributed by atoms with Crippen molar-refractivity contribution in [1.82, 2.24) is 10.0 Å². The Hall–Kier alpha value is -3.36. The number of aliphatic imine (C=N–C) groups is 1. The zero-order valence-electron chi connectivity index (χ0n) is 18.8. The van der Waals surface area contributed by atoms with Crippen molar-refractivity contribution in [3.05, 3.63) is 81.3 Å². The molecule has 0 fully saturated rings. The maximum absolute atomic E-state index is 14.8. The number of fused-ring (bicyclic) bond motifs is 1. The second-order valence-corrected chi connectivity index (χ2v) is 7.93. The third-order valence-electron chi connectivity index (χ3n) is 5.81. The molecule has 0 amide bonds. The Labute approximate surface area is 190 Å². The second-order valence-electron chi connectivity index (χ2n) is 7.93. The predicted molar refractivity (Wildman–Crippen MR) is 126 cm³/mol. The van der Waals surface area contributed by atoms with Crippen molar-refractivity contribution >= 4 is 17.6 Å². The molecule has 2 aromatic carbocycles. The number of anilines is 1. The normalized spacial score (nSPS) is 13.2. The molecule has 1 aliphatic rings. The summed E-state index contributed by atoms with van der Waals surface area (Å²) in [5.74, 6) is -1.53. The summed E-state index contributed by atoms with van der Waals surface area (Å²) in [5, 5.41) is 0. The van der Waals surface area contributed by atoms with E-state index in [0.717, 1.165) is 22.8 Å². The molecule has 1 unspecified atom stereocenters. The summed E-state index contributed by atoms with van der Waals surface area (Å²) >= 11 is 0. The van der Waals surface area contributed by atoms with Gasteiger partial charge in [0.15, 0.2) is 0 Å². The molecule has 4 rings (SSSR count). The van der Waals surface area contributed by atoms with Crippen molar-refractivity contribution in [1.29, 1.82) is 0 Å². The van der Waals surface area contributed by atoms with Crippen LogP contribution in [0.2, 0.25) is 0 Å². The molecule has 0 bridgehead atoms. The van der Waals surface area contributed by atoms with Crippen LogP contribution < -0.4 is 16.5 Å². The average molecular weight is 453 g/mol. The first-order valence-corrected chi connectivity index (χ1v) is 10.9. The highest BCUT2D eigenvalue weighted by molar-refractivity contribution is 5.88. The molecular formula is C25H26F2N4O2. The van der Waals surface area contributed by atoms with Crippen LogP contribution in [0.25, 0.3) is 11.1 Å². The summed E-state index contributed by atoms with van der Waals surface area (Å²) in [6.07, 6.45) is 4.54. The maximum Gasteiger partial charge on any atom is 0.256 e. The van der Waals surface area contributed by atoms with Crippen LogP contribution in [0.3, 0.4) is 0 Å². The third kappa shape index (κ3) is 4.44. The van der Waals surface area contributed by atoms with Crippen LogP contribution in [-0.4, -0.2) is 17.3 Å². The van der Waals surface area contributed by atoms with Crippen LogP contribution in [0.4, 0.5) is 20.2 Å². The van der Waals surface area contributed by atoms with Crippen LogP contribution >= 0.6 is 0 Å². The number of hydrogen-bond donors (Lipinski definition) is 2. The lowest BCUT2D eigenvalue weighted by Gasteiger charge is -2.23. The number of hydrogen-bond acceptors (Lipinski definition) is 5. The molecule has 1 aliphatic heterocycles. The van der Waals surface area contributed by atoms with Crippen molar-refractivity contribution in [2.45, 2.75) is 32.6 Å². The maximum atomic E-state index is 14.8. The molecule has 3 aromatic rings. The molecule has 8 heteroatoms. The molecule has 0 radical (unpaired) electrons. The molecule has 0 aliphatic carbocycles. The van der Waals surface area contributed by atoms with Crippen LogP contribution in [-0.2, 0) is 18.4 Å². The Morgan fingerprint density at radius 2 is 1.91 bits per heavy atom. The summed E-state index contributed by atoms with van der Waals surface area (Å²) in [6, 6.07) is 9.31. The zero-order valence-corrected chi connectivity index (χ0v) is 18.8. The van der Waals surface area contributed by atoms with E-state index in [1.165, 1.54) is 12.1 Å². The summed E-state index contributed by atoms with van der Waals surface area (Å²) in [4.78, 5) is 22.4. The number of nitrogens with one attached hydrogen (secondary N) is 2. The number of nitrogens with zero attached hydrogens (tertiary/aromatic N) is 2. The third-order valence-corrected chi connectivity index (χ3v) is 5.81. The summed E-state index contributed by atoms with van der Waals surface area (Å²) in [5.41, 5.74) is 10.2. The number of rotatable bonds is 8. The molecule has 2 heterocycles. The van der Waals surface area contributed by atoms with Gasteiger partial charge in [-0.2, -0.15) is 10.4 Å². The van der Waals surface area contributed by atoms with Crippen LogP contribution in [0.15, 0.2) is 52.4 Å². The van der Waals surface area contributed by atoms with Crippen molar-refractivity contribution in [2.24, 2.45) is 12.0 Å². The first-order valence-electron chi connectivity index (χ1n) is 10.9. The van der Waals surface area contributed by atoms with Crippen molar-refractivity contribution in [3.8, 4) is 11.1 Å². The Morgan fingerprint density at radius 3 is 2.64 bits per heavy atom. The fourth-order valence-electron chi connectivity index (χ4n) is 4.26. The molecule has 33 heavy (non-hydrogen) atoms. The lowest BCUT2D eigenvalue weighted by Crippen LogP contribution is -2.20. The largest absolute Gasteiger partial charge is 0.318 e. The van der Waals surface area contributed by atoms with E-state index in [1.807, 2.05) is 32.0 Å². The monoisotopic (exact) mass is 452 g/mol. The van der Waals surface area contributed by atoms with Crippen LogP contribution in [0.5, 0.6) is 0 Å². The van der Waals surface area contributed by atoms with Gasteiger partial charge in [0.1, 0.15) is 11.6 Å². The molecular weight excluding hydrogens is 426 g/mol. The standard InChI is InChI=1S/C25H26F2N4O2/c1-4-17(19-8-6-15(26)12-23(19)27)18-9-7-16(30-33-29-5-2)13-21(18)22-14-31(3)25(32)20-10-11-28-24(20)22/h6-9,11-14,17,29-30H,4-5,10H2,1-3H3. The van der Waals surface area contributed by atoms with E-state index in [2.05, 4.69) is 16.0 Å². The van der Waals surface area contributed by atoms with Gasteiger partial charge in [0.05, 0.1) is 11.4 Å². The number of aryl methyl sites for hydroxylation is 1. The SMILES string of the molecule is CCNONc1ccc(C(CC)c2ccc(F)cc2F)c(-c2cn(C)c(=O)c3c2N=CC3)c1. The van der Waals surface area contributed by atoms with Gasteiger partial charge >= 0.3 is 0 Å². The van der Waals surface area contributed by atoms with Gasteiger partial charge in [-0.1, -0.05) is 26.0 Å². The lowest BCUT2D eigenvalue weighted by atomic mass is 9.83. The van der Waals surface area contributed by atoms with Gasteiger partial charge in [-0.15, -0.1) is 0 Å². The highest BCUT2D eigenvalue weighted by atomic mass is 19.1. The molecule has 0 saturated carbocycles. The van der Waals surface area contributed by atoms with E-state index in [1.54, 1.807) is 24.0 Å². The average Bonchev–Trinajstić information content (AvgIpc) is 3.29. The number of pyridine rings is 1. The van der Waals surface area contributed by atoms with Gasteiger partial charge in [-0.05, 0) is 41.3 Å². The summed E-state index contributed by atoms with van der Waals surface area (Å²) in [6.45, 7) is 4.48. The minimum absolute atomic E-state index is 0.0887. The Morgan fingerprint density at radius 1 is 1.12 bits per heavy atom. The molecule has 0 spiro atoms. The Balaban J connectivity index is 1.92. The number of benzene rings is 2. The van der Waals surface area contributed by atoms with Crippen LogP contribution in [0, 0.1) is 11.6 Å². The first-order chi connectivity index (χ1) is 15.9. The van der Waals surface area contributed by atoms with E-state index in [0.29, 0.717) is 41.9 Å². The van der Waals surface area contributed by atoms with Crippen molar-refractivity contribution in [2.75, 3.05) is 12.0 Å². The highest BCUT2D eigenvalue weighted by Gasteiger charge is 2.25. The Bertz CT molecular complexity index is 1270. The number of hydroxylamine groups is 1. The van der Waals surface area contributed by atoms with Gasteiger partial charge in [0, 0.05) is 55.5 Å². The minimum atomic E-state index is -0.614. The zero-order chi connectivity index (χ0) is 23.5. The molecule has 2 N–H and O–H groups in total. The molecule has 172 valence electrons. The number of aromatic nitrogens is 1. The highest BCUT2D eigenvalue weighted by Crippen LogP contribution is 2.42. The summed E-state index contributed by atoms with van der Waals surface area (Å²) < 4.78 is 29.9. The minimum Gasteiger partial charge on any atom is -0.318 e. The topological polar surface area (TPSA) is 67.7 Å². The van der Waals surface area contributed by atoms with E-state index in [-0.39, 0.29) is 11.5 Å². The molecule has 0 saturated heterocycles. The molecule has 6 nitrogen and oxygen atoms in total. The van der Waals surface area contributed by atoms with E-state index in [9.17, 15) is 13.6 Å².